The molecule has 10 rings (SSSR count). The summed E-state index contributed by atoms with van der Waals surface area (Å²) in [4.78, 5) is 26.4. The van der Waals surface area contributed by atoms with E-state index in [2.05, 4.69) is 40.1 Å². The van der Waals surface area contributed by atoms with Crippen LogP contribution in [0.2, 0.25) is 0 Å². The van der Waals surface area contributed by atoms with Gasteiger partial charge in [0.25, 0.3) is 0 Å². The lowest BCUT2D eigenvalue weighted by molar-refractivity contribution is 0.0387. The van der Waals surface area contributed by atoms with Crippen molar-refractivity contribution in [1.82, 2.24) is 58.6 Å². The Hall–Kier alpha value is -7.84. The third kappa shape index (κ3) is 9.14. The number of methoxy groups -OCH3 is 2. The first kappa shape index (κ1) is 45.3. The summed E-state index contributed by atoms with van der Waals surface area (Å²) in [5, 5.41) is 31.6. The van der Waals surface area contributed by atoms with Gasteiger partial charge in [0.15, 0.2) is 23.3 Å². The van der Waals surface area contributed by atoms with E-state index in [-0.39, 0.29) is 35.6 Å². The molecule has 2 atom stereocenters. The van der Waals surface area contributed by atoms with Gasteiger partial charge in [-0.15, -0.1) is 0 Å². The molecule has 0 unspecified atom stereocenters. The first-order chi connectivity index (χ1) is 32.7. The normalized spacial score (nSPS) is 17.8. The van der Waals surface area contributed by atoms with Gasteiger partial charge >= 0.3 is 0 Å². The highest BCUT2D eigenvalue weighted by atomic mass is 19.1. The van der Waals surface area contributed by atoms with Crippen molar-refractivity contribution in [3.05, 3.63) is 166 Å². The monoisotopic (exact) mass is 928 g/mol. The Labute approximate surface area is 386 Å². The molecular weight excluding hydrogens is 885 g/mol. The largest absolute Gasteiger partial charge is 0.479 e. The summed E-state index contributed by atoms with van der Waals surface area (Å²) in [6.07, 6.45) is 15.7. The fourth-order valence-corrected chi connectivity index (χ4v) is 8.31. The van der Waals surface area contributed by atoms with Gasteiger partial charge in [0, 0.05) is 37.6 Å². The van der Waals surface area contributed by atoms with E-state index in [1.165, 1.54) is 0 Å². The van der Waals surface area contributed by atoms with E-state index in [4.69, 9.17) is 9.47 Å². The summed E-state index contributed by atoms with van der Waals surface area (Å²) >= 11 is 0. The first-order valence-corrected chi connectivity index (χ1v) is 21.5. The minimum absolute atomic E-state index is 0.116. The number of nitrogens with zero attached hydrogens (tertiary/aromatic N) is 12. The zero-order valence-electron chi connectivity index (χ0n) is 37.2. The van der Waals surface area contributed by atoms with Crippen LogP contribution in [0.4, 0.5) is 17.6 Å². The molecule has 0 saturated heterocycles. The van der Waals surface area contributed by atoms with Crippen LogP contribution in [-0.2, 0) is 24.3 Å². The van der Waals surface area contributed by atoms with Gasteiger partial charge in [-0.25, -0.2) is 56.8 Å². The van der Waals surface area contributed by atoms with Crippen LogP contribution in [0.1, 0.15) is 82.9 Å². The maximum absolute atomic E-state index is 13.8. The molecule has 0 spiro atoms. The average molecular weight is 929 g/mol. The van der Waals surface area contributed by atoms with Crippen LogP contribution in [0.15, 0.2) is 85.7 Å². The molecule has 2 aliphatic heterocycles. The highest BCUT2D eigenvalue weighted by Gasteiger charge is 2.41. The van der Waals surface area contributed by atoms with Crippen LogP contribution >= 0.6 is 0 Å². The fourth-order valence-electron chi connectivity index (χ4n) is 8.31. The van der Waals surface area contributed by atoms with E-state index in [9.17, 15) is 27.8 Å². The zero-order chi connectivity index (χ0) is 47.7. The van der Waals surface area contributed by atoms with Crippen molar-refractivity contribution in [1.29, 1.82) is 0 Å². The molecule has 20 heteroatoms. The lowest BCUT2D eigenvalue weighted by atomic mass is 9.86. The molecule has 2 aliphatic rings. The molecule has 8 heterocycles. The zero-order valence-corrected chi connectivity index (χ0v) is 37.2. The van der Waals surface area contributed by atoms with E-state index >= 15 is 0 Å². The van der Waals surface area contributed by atoms with Gasteiger partial charge in [-0.2, -0.15) is 10.2 Å². The van der Waals surface area contributed by atoms with E-state index in [0.29, 0.717) is 60.7 Å². The molecule has 0 bridgehead atoms. The molecule has 8 aromatic rings. The van der Waals surface area contributed by atoms with E-state index in [1.54, 1.807) is 60.5 Å². The molecular formula is C48H44F4N12O4. The maximum atomic E-state index is 13.8. The van der Waals surface area contributed by atoms with Gasteiger partial charge in [-0.3, -0.25) is 0 Å². The van der Waals surface area contributed by atoms with Crippen molar-refractivity contribution in [3.63, 3.8) is 0 Å². The second kappa shape index (κ2) is 18.4. The molecule has 0 aliphatic carbocycles. The second-order valence-corrected chi connectivity index (χ2v) is 16.3. The van der Waals surface area contributed by atoms with Crippen LogP contribution in [0, 0.1) is 37.1 Å². The molecule has 16 nitrogen and oxygen atoms in total. The third-order valence-corrected chi connectivity index (χ3v) is 11.5. The van der Waals surface area contributed by atoms with Gasteiger partial charge in [-0.1, -0.05) is 0 Å². The molecule has 0 radical (unpaired) electrons. The highest BCUT2D eigenvalue weighted by molar-refractivity contribution is 5.67. The Bertz CT molecular complexity index is 2960. The number of halogens is 4. The quantitative estimate of drug-likeness (QED) is 0.131. The summed E-state index contributed by atoms with van der Waals surface area (Å²) in [5.74, 6) is -0.963. The Morgan fingerprint density at radius 2 is 0.956 bits per heavy atom. The maximum Gasteiger partial charge on any atom is 0.238 e. The number of imidazole rings is 2. The number of hydrogen-bond acceptors (Lipinski definition) is 12. The number of aliphatic hydroxyl groups is 2. The number of aromatic nitrogens is 12. The highest BCUT2D eigenvalue weighted by Crippen LogP contribution is 2.39. The molecule has 2 aromatic carbocycles. The molecule has 0 saturated carbocycles. The standard InChI is InChI=1S/2C24H22F2N6O2/c2*1-15-13-31(14-27-15)20-6-4-19(28-22(20)34-2)5-7-21-29-23-24(33,8-3-9-32(23)30-21)16-10-17(25)12-18(26)11-16/h2*4-7,10-14,33H,3,8-9H2,1-2H3/b2*7-5+/t2*24-/m10/s1. The second-order valence-electron chi connectivity index (χ2n) is 16.3. The predicted octanol–water partition coefficient (Wildman–Crippen LogP) is 7.31. The Kier molecular flexibility index (Phi) is 12.3. The summed E-state index contributed by atoms with van der Waals surface area (Å²) in [5.41, 5.74) is 1.46. The minimum Gasteiger partial charge on any atom is -0.479 e. The molecule has 0 fully saturated rings. The van der Waals surface area contributed by atoms with Gasteiger partial charge < -0.3 is 28.8 Å². The first-order valence-electron chi connectivity index (χ1n) is 21.5. The van der Waals surface area contributed by atoms with Crippen LogP contribution in [0.25, 0.3) is 35.7 Å². The number of pyridine rings is 2. The topological polar surface area (TPSA) is 182 Å². The van der Waals surface area contributed by atoms with E-state index in [1.807, 2.05) is 59.6 Å². The lowest BCUT2D eigenvalue weighted by Crippen LogP contribution is -2.35. The Balaban J connectivity index is 0.000000170. The van der Waals surface area contributed by atoms with Gasteiger partial charge in [0.1, 0.15) is 45.8 Å². The van der Waals surface area contributed by atoms with Gasteiger partial charge in [-0.05, 0) is 123 Å². The van der Waals surface area contributed by atoms with Gasteiger partial charge in [0.2, 0.25) is 11.8 Å². The number of rotatable bonds is 10. The number of ether oxygens (including phenoxy) is 2. The summed E-state index contributed by atoms with van der Waals surface area (Å²) in [6.45, 7) is 4.89. The van der Waals surface area contributed by atoms with Crippen molar-refractivity contribution in [2.24, 2.45) is 0 Å². The number of fused-ring (bicyclic) bond motifs is 2. The van der Waals surface area contributed by atoms with Crippen LogP contribution in [0.5, 0.6) is 11.8 Å². The van der Waals surface area contributed by atoms with Crippen molar-refractivity contribution in [2.45, 2.75) is 63.8 Å². The smallest absolute Gasteiger partial charge is 0.238 e. The summed E-state index contributed by atoms with van der Waals surface area (Å²) < 4.78 is 72.9. The molecule has 6 aromatic heterocycles. The molecule has 0 amide bonds. The summed E-state index contributed by atoms with van der Waals surface area (Å²) in [7, 11) is 3.09. The van der Waals surface area contributed by atoms with Crippen molar-refractivity contribution in [2.75, 3.05) is 14.2 Å². The Morgan fingerprint density at radius 3 is 1.31 bits per heavy atom. The molecule has 68 heavy (non-hydrogen) atoms. The van der Waals surface area contributed by atoms with Crippen LogP contribution in [0.3, 0.4) is 0 Å². The molecule has 348 valence electrons. The van der Waals surface area contributed by atoms with Crippen LogP contribution in [-0.4, -0.2) is 83.0 Å². The Morgan fingerprint density at radius 1 is 0.559 bits per heavy atom. The SMILES string of the molecule is COc1nc(/C=C/c2nc3n(n2)CCC[C@@]3(O)c2cc(F)cc(F)c2)ccc1-n1cnc(C)c1.COc1nc(/C=C/c2nc3n(n2)CCC[C@]3(O)c2cc(F)cc(F)c2)ccc1-n1cnc(C)c1. The number of hydrogen-bond donors (Lipinski definition) is 2. The average Bonchev–Trinajstić information content (AvgIpc) is 4.15. The van der Waals surface area contributed by atoms with Crippen molar-refractivity contribution >= 4 is 24.3 Å². The van der Waals surface area contributed by atoms with Crippen LogP contribution < -0.4 is 9.47 Å². The van der Waals surface area contributed by atoms with Crippen molar-refractivity contribution in [3.8, 4) is 23.1 Å². The summed E-state index contributed by atoms with van der Waals surface area (Å²) in [6, 6.07) is 13.4. The minimum atomic E-state index is -1.63. The van der Waals surface area contributed by atoms with Gasteiger partial charge in [0.05, 0.1) is 49.6 Å². The number of aryl methyl sites for hydroxylation is 4. The van der Waals surface area contributed by atoms with Crippen molar-refractivity contribution < 1.29 is 37.2 Å². The number of benzene rings is 2. The van der Waals surface area contributed by atoms with E-state index < -0.39 is 34.5 Å². The third-order valence-electron chi connectivity index (χ3n) is 11.5. The molecule has 2 N–H and O–H groups in total. The predicted molar refractivity (Wildman–Crippen MR) is 240 cm³/mol. The lowest BCUT2D eigenvalue weighted by Gasteiger charge is -2.31. The fraction of sp³-hybridized carbons (Fsp3) is 0.250. The van der Waals surface area contributed by atoms with E-state index in [0.717, 1.165) is 59.2 Å².